The molecule has 1 unspecified atom stereocenters. The summed E-state index contributed by atoms with van der Waals surface area (Å²) >= 11 is 21.1. The fraction of sp³-hybridized carbons (Fsp3) is 0.176. The number of carbonyl (C=O) groups excluding carboxylic acids is 2. The molecule has 0 aliphatic carbocycles. The second kappa shape index (κ2) is 8.95. The summed E-state index contributed by atoms with van der Waals surface area (Å²) in [5.41, 5.74) is 0.602. The lowest BCUT2D eigenvalue weighted by Gasteiger charge is -2.14. The first-order valence-corrected chi connectivity index (χ1v) is 9.64. The van der Waals surface area contributed by atoms with Crippen LogP contribution in [-0.4, -0.2) is 22.3 Å². The number of alkyl halides is 1. The molecule has 0 fully saturated rings. The Balaban J connectivity index is 2.20. The molecule has 2 rings (SSSR count). The van der Waals surface area contributed by atoms with Crippen molar-refractivity contribution >= 4 is 73.9 Å². The van der Waals surface area contributed by atoms with Crippen LogP contribution in [0.5, 0.6) is 5.75 Å². The number of aromatic hydroxyl groups is 1. The van der Waals surface area contributed by atoms with Crippen molar-refractivity contribution in [1.29, 1.82) is 0 Å². The van der Waals surface area contributed by atoms with E-state index in [0.29, 0.717) is 10.4 Å². The fourth-order valence-electron chi connectivity index (χ4n) is 1.92. The quantitative estimate of drug-likeness (QED) is 0.387. The molecule has 0 bridgehead atoms. The normalized spacial score (nSPS) is 11.7. The summed E-state index contributed by atoms with van der Waals surface area (Å²) in [4.78, 5) is 24.2. The fourth-order valence-corrected chi connectivity index (χ4v) is 2.72. The van der Waals surface area contributed by atoms with Crippen LogP contribution in [0.3, 0.4) is 0 Å². The van der Waals surface area contributed by atoms with Gasteiger partial charge in [-0.1, -0.05) is 57.7 Å². The minimum Gasteiger partial charge on any atom is -0.506 e. The first-order valence-electron chi connectivity index (χ1n) is 7.38. The minimum absolute atomic E-state index is 0.0950. The van der Waals surface area contributed by atoms with Crippen molar-refractivity contribution in [1.82, 2.24) is 0 Å². The Labute approximate surface area is 173 Å². The van der Waals surface area contributed by atoms with E-state index in [1.54, 1.807) is 6.92 Å². The lowest BCUT2D eigenvalue weighted by molar-refractivity contribution is -0.118. The van der Waals surface area contributed by atoms with Gasteiger partial charge in [0.05, 0.1) is 26.4 Å². The average Bonchev–Trinajstić information content (AvgIpc) is 2.60. The number of halogens is 4. The predicted octanol–water partition coefficient (Wildman–Crippen LogP) is 5.57. The number of hydrogen-bond acceptors (Lipinski definition) is 3. The number of carbonyl (C=O) groups is 2. The van der Waals surface area contributed by atoms with Crippen molar-refractivity contribution in [3.05, 3.63) is 51.0 Å². The number of hydrogen-bond donors (Lipinski definition) is 3. The Morgan fingerprint density at radius 3 is 2.35 bits per heavy atom. The third-order valence-corrected chi connectivity index (χ3v) is 5.48. The third kappa shape index (κ3) is 5.04. The molecule has 138 valence electrons. The lowest BCUT2D eigenvalue weighted by Crippen LogP contribution is -2.21. The van der Waals surface area contributed by atoms with Crippen LogP contribution < -0.4 is 10.6 Å². The lowest BCUT2D eigenvalue weighted by atomic mass is 10.1. The Morgan fingerprint density at radius 2 is 1.73 bits per heavy atom. The van der Waals surface area contributed by atoms with Gasteiger partial charge in [-0.15, -0.1) is 0 Å². The molecule has 3 N–H and O–H groups in total. The Bertz CT molecular complexity index is 861. The molecule has 0 radical (unpaired) electrons. The number of phenolic OH excluding ortho intramolecular Hbond substituents is 1. The number of phenols is 1. The summed E-state index contributed by atoms with van der Waals surface area (Å²) in [6, 6.07) is 7.02. The van der Waals surface area contributed by atoms with E-state index in [1.807, 2.05) is 0 Å². The van der Waals surface area contributed by atoms with Gasteiger partial charge in [-0.25, -0.2) is 0 Å². The van der Waals surface area contributed by atoms with Gasteiger partial charge in [0.25, 0.3) is 5.91 Å². The molecule has 0 spiro atoms. The monoisotopic (exact) mass is 478 g/mol. The molecule has 2 amide bonds. The number of nitrogens with one attached hydrogen (secondary N) is 2. The highest BCUT2D eigenvalue weighted by atomic mass is 79.9. The van der Waals surface area contributed by atoms with Gasteiger partial charge in [-0.3, -0.25) is 9.59 Å². The molecule has 5 nitrogen and oxygen atoms in total. The maximum absolute atomic E-state index is 12.3. The van der Waals surface area contributed by atoms with Crippen LogP contribution in [0.15, 0.2) is 30.3 Å². The molecule has 2 aromatic carbocycles. The molecule has 0 saturated heterocycles. The van der Waals surface area contributed by atoms with Crippen LogP contribution >= 0.6 is 50.7 Å². The SMILES string of the molecule is CC(CBr)C(=O)Nc1cc(O)c(NC(=O)c2ccc(Cl)c(Cl)c2)cc1Cl. The zero-order chi connectivity index (χ0) is 19.4. The van der Waals surface area contributed by atoms with Gasteiger partial charge in [-0.05, 0) is 24.3 Å². The van der Waals surface area contributed by atoms with E-state index in [1.165, 1.54) is 30.3 Å². The largest absolute Gasteiger partial charge is 0.506 e. The van der Waals surface area contributed by atoms with Crippen molar-refractivity contribution in [3.63, 3.8) is 0 Å². The zero-order valence-electron chi connectivity index (χ0n) is 13.4. The van der Waals surface area contributed by atoms with Crippen LogP contribution in [0.1, 0.15) is 17.3 Å². The highest BCUT2D eigenvalue weighted by molar-refractivity contribution is 9.09. The van der Waals surface area contributed by atoms with E-state index in [4.69, 9.17) is 34.8 Å². The Kier molecular flexibility index (Phi) is 7.17. The number of benzene rings is 2. The van der Waals surface area contributed by atoms with Gasteiger partial charge in [0.15, 0.2) is 0 Å². The first-order chi connectivity index (χ1) is 12.2. The third-order valence-electron chi connectivity index (χ3n) is 3.45. The maximum Gasteiger partial charge on any atom is 0.255 e. The summed E-state index contributed by atoms with van der Waals surface area (Å²) in [6.45, 7) is 1.74. The van der Waals surface area contributed by atoms with Crippen molar-refractivity contribution in [2.24, 2.45) is 5.92 Å². The van der Waals surface area contributed by atoms with Gasteiger partial charge in [0, 0.05) is 22.9 Å². The van der Waals surface area contributed by atoms with Gasteiger partial charge in [0.1, 0.15) is 5.75 Å². The van der Waals surface area contributed by atoms with Gasteiger partial charge in [-0.2, -0.15) is 0 Å². The van der Waals surface area contributed by atoms with E-state index in [9.17, 15) is 14.7 Å². The smallest absolute Gasteiger partial charge is 0.255 e. The molecular weight excluding hydrogens is 466 g/mol. The molecule has 0 aromatic heterocycles. The number of anilines is 2. The topological polar surface area (TPSA) is 78.4 Å². The van der Waals surface area contributed by atoms with Crippen molar-refractivity contribution < 1.29 is 14.7 Å². The standard InChI is InChI=1S/C17H14BrCl3N2O3/c1-8(7-18)16(25)22-13-6-15(24)14(5-12(13)21)23-17(26)9-2-3-10(19)11(20)4-9/h2-6,8,24H,7H2,1H3,(H,22,25)(H,23,26). The highest BCUT2D eigenvalue weighted by Crippen LogP contribution is 2.34. The summed E-state index contributed by atoms with van der Waals surface area (Å²) < 4.78 is 0. The Morgan fingerprint density at radius 1 is 1.04 bits per heavy atom. The van der Waals surface area contributed by atoms with Crippen LogP contribution in [-0.2, 0) is 4.79 Å². The van der Waals surface area contributed by atoms with E-state index in [2.05, 4.69) is 26.6 Å². The summed E-state index contributed by atoms with van der Waals surface area (Å²) in [5.74, 6) is -1.28. The highest BCUT2D eigenvalue weighted by Gasteiger charge is 2.17. The second-order valence-corrected chi connectivity index (χ2v) is 7.35. The molecule has 0 heterocycles. The summed E-state index contributed by atoms with van der Waals surface area (Å²) in [6.07, 6.45) is 0. The number of rotatable bonds is 5. The van der Waals surface area contributed by atoms with Gasteiger partial charge < -0.3 is 15.7 Å². The molecule has 0 aliphatic heterocycles. The summed E-state index contributed by atoms with van der Waals surface area (Å²) in [7, 11) is 0. The van der Waals surface area contributed by atoms with Gasteiger partial charge in [0.2, 0.25) is 5.91 Å². The number of amides is 2. The zero-order valence-corrected chi connectivity index (χ0v) is 17.3. The van der Waals surface area contributed by atoms with Crippen molar-refractivity contribution in [2.45, 2.75) is 6.92 Å². The molecule has 1 atom stereocenters. The average molecular weight is 481 g/mol. The van der Waals surface area contributed by atoms with E-state index in [-0.39, 0.29) is 44.6 Å². The molecule has 0 saturated carbocycles. The van der Waals surface area contributed by atoms with Crippen LogP contribution in [0, 0.1) is 5.92 Å². The van der Waals surface area contributed by atoms with Crippen molar-refractivity contribution in [3.8, 4) is 5.75 Å². The second-order valence-electron chi connectivity index (χ2n) is 5.48. The minimum atomic E-state index is -0.500. The van der Waals surface area contributed by atoms with Crippen LogP contribution in [0.4, 0.5) is 11.4 Å². The molecule has 9 heteroatoms. The van der Waals surface area contributed by atoms with Gasteiger partial charge >= 0.3 is 0 Å². The van der Waals surface area contributed by atoms with Crippen molar-refractivity contribution in [2.75, 3.05) is 16.0 Å². The molecular formula is C17H14BrCl3N2O3. The molecule has 26 heavy (non-hydrogen) atoms. The van der Waals surface area contributed by atoms with E-state index < -0.39 is 5.91 Å². The molecule has 0 aliphatic rings. The van der Waals surface area contributed by atoms with E-state index >= 15 is 0 Å². The Hall–Kier alpha value is -1.47. The first kappa shape index (κ1) is 20.8. The summed E-state index contributed by atoms with van der Waals surface area (Å²) in [5, 5.41) is 16.5. The van der Waals surface area contributed by atoms with Crippen LogP contribution in [0.2, 0.25) is 15.1 Å². The molecule has 2 aromatic rings. The van der Waals surface area contributed by atoms with Crippen LogP contribution in [0.25, 0.3) is 0 Å². The predicted molar refractivity (Wildman–Crippen MR) is 109 cm³/mol. The van der Waals surface area contributed by atoms with E-state index in [0.717, 1.165) is 0 Å². The maximum atomic E-state index is 12.3.